The van der Waals surface area contributed by atoms with E-state index in [4.69, 9.17) is 0 Å². The van der Waals surface area contributed by atoms with Crippen LogP contribution in [0.25, 0.3) is 0 Å². The van der Waals surface area contributed by atoms with Gasteiger partial charge in [0, 0.05) is 6.42 Å². The Morgan fingerprint density at radius 3 is 2.08 bits per heavy atom. The van der Waals surface area contributed by atoms with Crippen molar-refractivity contribution in [2.45, 2.75) is 52.1 Å². The first kappa shape index (κ1) is 21.6. The molecule has 0 saturated carbocycles. The number of hydrogen-bond donors (Lipinski definition) is 4. The van der Waals surface area contributed by atoms with E-state index in [0.29, 0.717) is 6.54 Å². The first-order valence-corrected chi connectivity index (χ1v) is 8.61. The van der Waals surface area contributed by atoms with Gasteiger partial charge in [0.15, 0.2) is 0 Å². The Balaban J connectivity index is 2.60. The highest BCUT2D eigenvalue weighted by Crippen LogP contribution is 2.17. The van der Waals surface area contributed by atoms with E-state index in [0.717, 1.165) is 12.0 Å². The Kier molecular flexibility index (Phi) is 8.25. The van der Waals surface area contributed by atoms with Crippen molar-refractivity contribution < 1.29 is 24.6 Å². The molecule has 1 aromatic carbocycles. The summed E-state index contributed by atoms with van der Waals surface area (Å²) in [5, 5.41) is 23.8. The zero-order valence-electron chi connectivity index (χ0n) is 15.5. The van der Waals surface area contributed by atoms with E-state index in [-0.39, 0.29) is 18.3 Å². The number of carbonyl (C=O) groups is 3. The van der Waals surface area contributed by atoms with E-state index >= 15 is 0 Å². The highest BCUT2D eigenvalue weighted by Gasteiger charge is 2.25. The van der Waals surface area contributed by atoms with Crippen LogP contribution in [0.2, 0.25) is 0 Å². The van der Waals surface area contributed by atoms with Crippen molar-refractivity contribution >= 4 is 17.8 Å². The Labute approximate surface area is 153 Å². The summed E-state index contributed by atoms with van der Waals surface area (Å²) in [4.78, 5) is 34.9. The molecule has 1 rings (SSSR count). The van der Waals surface area contributed by atoms with Gasteiger partial charge < -0.3 is 20.8 Å². The second-order valence-corrected chi connectivity index (χ2v) is 7.51. The third-order valence-electron chi connectivity index (χ3n) is 3.87. The highest BCUT2D eigenvalue weighted by molar-refractivity contribution is 5.87. The average Bonchev–Trinajstić information content (AvgIpc) is 2.53. The summed E-state index contributed by atoms with van der Waals surface area (Å²) in [5.74, 6) is -2.90. The SMILES string of the molecule is CC(C)(C)CCN[C@@H](CC(=O)N[C@@H](Cc1ccccc1)C(=O)O)C(=O)O. The minimum Gasteiger partial charge on any atom is -0.480 e. The lowest BCUT2D eigenvalue weighted by molar-refractivity contribution is -0.143. The molecule has 2 atom stereocenters. The summed E-state index contributed by atoms with van der Waals surface area (Å²) in [7, 11) is 0. The van der Waals surface area contributed by atoms with Crippen molar-refractivity contribution in [3.05, 3.63) is 35.9 Å². The minimum atomic E-state index is -1.16. The van der Waals surface area contributed by atoms with Crippen LogP contribution in [0.4, 0.5) is 0 Å². The molecule has 0 bridgehead atoms. The molecule has 0 saturated heterocycles. The molecule has 1 amide bonds. The molecule has 26 heavy (non-hydrogen) atoms. The van der Waals surface area contributed by atoms with Crippen LogP contribution in [0.15, 0.2) is 30.3 Å². The van der Waals surface area contributed by atoms with Gasteiger partial charge in [-0.05, 0) is 23.9 Å². The Morgan fingerprint density at radius 1 is 1.00 bits per heavy atom. The standard InChI is InChI=1S/C19H28N2O5/c1-19(2,3)9-10-20-14(17(23)24)12-16(22)21-15(18(25)26)11-13-7-5-4-6-8-13/h4-8,14-15,20H,9-12H2,1-3H3,(H,21,22)(H,23,24)(H,25,26)/t14-,15-/m0/s1. The number of hydrogen-bond acceptors (Lipinski definition) is 4. The summed E-state index contributed by atoms with van der Waals surface area (Å²) >= 11 is 0. The summed E-state index contributed by atoms with van der Waals surface area (Å²) in [6.45, 7) is 6.58. The molecule has 144 valence electrons. The van der Waals surface area contributed by atoms with E-state index in [1.807, 2.05) is 26.8 Å². The molecule has 0 aliphatic rings. The topological polar surface area (TPSA) is 116 Å². The molecule has 7 nitrogen and oxygen atoms in total. The fourth-order valence-electron chi connectivity index (χ4n) is 2.36. The first-order valence-electron chi connectivity index (χ1n) is 8.61. The lowest BCUT2D eigenvalue weighted by atomic mass is 9.92. The van der Waals surface area contributed by atoms with E-state index in [1.165, 1.54) is 0 Å². The zero-order chi connectivity index (χ0) is 19.7. The highest BCUT2D eigenvalue weighted by atomic mass is 16.4. The van der Waals surface area contributed by atoms with Crippen molar-refractivity contribution in [2.24, 2.45) is 5.41 Å². The maximum absolute atomic E-state index is 12.1. The molecule has 0 heterocycles. The number of carboxylic acid groups (broad SMARTS) is 2. The van der Waals surface area contributed by atoms with Gasteiger partial charge in [-0.2, -0.15) is 0 Å². The van der Waals surface area contributed by atoms with Gasteiger partial charge in [-0.1, -0.05) is 51.1 Å². The van der Waals surface area contributed by atoms with Crippen molar-refractivity contribution in [3.8, 4) is 0 Å². The first-order chi connectivity index (χ1) is 12.1. The molecule has 4 N–H and O–H groups in total. The minimum absolute atomic E-state index is 0.0440. The molecule has 0 spiro atoms. The second-order valence-electron chi connectivity index (χ2n) is 7.51. The molecule has 0 aromatic heterocycles. The van der Waals surface area contributed by atoms with Gasteiger partial charge in [0.2, 0.25) is 5.91 Å². The molecule has 0 radical (unpaired) electrons. The summed E-state index contributed by atoms with van der Waals surface area (Å²) in [5.41, 5.74) is 0.820. The number of amides is 1. The number of aliphatic carboxylic acids is 2. The molecule has 7 heteroatoms. The molecule has 0 aliphatic carbocycles. The van der Waals surface area contributed by atoms with Gasteiger partial charge in [0.1, 0.15) is 12.1 Å². The number of carboxylic acids is 2. The quantitative estimate of drug-likeness (QED) is 0.502. The molecule has 1 aromatic rings. The number of carbonyl (C=O) groups excluding carboxylic acids is 1. The van der Waals surface area contributed by atoms with Gasteiger partial charge in [-0.25, -0.2) is 4.79 Å². The van der Waals surface area contributed by atoms with Gasteiger partial charge in [-0.15, -0.1) is 0 Å². The van der Waals surface area contributed by atoms with Gasteiger partial charge in [0.05, 0.1) is 6.42 Å². The van der Waals surface area contributed by atoms with E-state index in [1.54, 1.807) is 24.3 Å². The molecule has 0 aliphatic heterocycles. The maximum atomic E-state index is 12.1. The Morgan fingerprint density at radius 2 is 1.58 bits per heavy atom. The maximum Gasteiger partial charge on any atom is 0.326 e. The Hall–Kier alpha value is -2.41. The van der Waals surface area contributed by atoms with Crippen LogP contribution in [0, 0.1) is 5.41 Å². The molecule has 0 unspecified atom stereocenters. The third-order valence-corrected chi connectivity index (χ3v) is 3.87. The molecule has 0 fully saturated rings. The van der Waals surface area contributed by atoms with Gasteiger partial charge in [0.25, 0.3) is 0 Å². The van der Waals surface area contributed by atoms with Crippen LogP contribution < -0.4 is 10.6 Å². The Bertz CT molecular complexity index is 610. The van der Waals surface area contributed by atoms with Crippen LogP contribution in [0.1, 0.15) is 39.2 Å². The summed E-state index contributed by atoms with van der Waals surface area (Å²) < 4.78 is 0. The average molecular weight is 364 g/mol. The number of rotatable bonds is 10. The zero-order valence-corrected chi connectivity index (χ0v) is 15.5. The van der Waals surface area contributed by atoms with Crippen LogP contribution in [-0.2, 0) is 20.8 Å². The third kappa shape index (κ3) is 8.62. The van der Waals surface area contributed by atoms with Crippen LogP contribution in [0.3, 0.4) is 0 Å². The predicted molar refractivity (Wildman–Crippen MR) is 97.8 cm³/mol. The lowest BCUT2D eigenvalue weighted by Crippen LogP contribution is -2.47. The van der Waals surface area contributed by atoms with Crippen molar-refractivity contribution in [1.82, 2.24) is 10.6 Å². The predicted octanol–water partition coefficient (Wildman–Crippen LogP) is 1.67. The largest absolute Gasteiger partial charge is 0.480 e. The lowest BCUT2D eigenvalue weighted by Gasteiger charge is -2.21. The summed E-state index contributed by atoms with van der Waals surface area (Å²) in [6, 6.07) is 6.79. The molecular weight excluding hydrogens is 336 g/mol. The van der Waals surface area contributed by atoms with Crippen molar-refractivity contribution in [3.63, 3.8) is 0 Å². The smallest absolute Gasteiger partial charge is 0.326 e. The fraction of sp³-hybridized carbons (Fsp3) is 0.526. The van der Waals surface area contributed by atoms with E-state index in [9.17, 15) is 24.6 Å². The van der Waals surface area contributed by atoms with Crippen molar-refractivity contribution in [2.75, 3.05) is 6.54 Å². The van der Waals surface area contributed by atoms with Crippen molar-refractivity contribution in [1.29, 1.82) is 0 Å². The fourth-order valence-corrected chi connectivity index (χ4v) is 2.36. The molecular formula is C19H28N2O5. The van der Waals surface area contributed by atoms with E-state index in [2.05, 4.69) is 10.6 Å². The van der Waals surface area contributed by atoms with Crippen LogP contribution in [0.5, 0.6) is 0 Å². The van der Waals surface area contributed by atoms with Crippen LogP contribution >= 0.6 is 0 Å². The van der Waals surface area contributed by atoms with Gasteiger partial charge in [-0.3, -0.25) is 9.59 Å². The number of benzene rings is 1. The normalized spacial score (nSPS) is 13.7. The second kappa shape index (κ2) is 9.91. The van der Waals surface area contributed by atoms with Gasteiger partial charge >= 0.3 is 11.9 Å². The number of nitrogens with one attached hydrogen (secondary N) is 2. The monoisotopic (exact) mass is 364 g/mol. The van der Waals surface area contributed by atoms with E-state index < -0.39 is 29.9 Å². The summed E-state index contributed by atoms with van der Waals surface area (Å²) in [6.07, 6.45) is 0.569. The van der Waals surface area contributed by atoms with Crippen LogP contribution in [-0.4, -0.2) is 46.7 Å².